The van der Waals surface area contributed by atoms with Crippen LogP contribution in [-0.4, -0.2) is 19.3 Å². The minimum atomic E-state index is -5.08. The molecular formula is C18H12Cl2F3N3O3S2. The molecule has 0 aliphatic carbocycles. The van der Waals surface area contributed by atoms with Gasteiger partial charge in [0.15, 0.2) is 5.13 Å². The molecule has 164 valence electrons. The smallest absolute Gasteiger partial charge is 0.348 e. The number of anilines is 1. The number of aromatic nitrogens is 1. The highest BCUT2D eigenvalue weighted by molar-refractivity contribution is 7.93. The quantitative estimate of drug-likeness (QED) is 0.477. The first kappa shape index (κ1) is 23.3. The highest BCUT2D eigenvalue weighted by atomic mass is 35.5. The highest BCUT2D eigenvalue weighted by Gasteiger charge is 2.40. The van der Waals surface area contributed by atoms with E-state index in [2.05, 4.69) is 10.3 Å². The Hall–Kier alpha value is -2.34. The summed E-state index contributed by atoms with van der Waals surface area (Å²) in [5.74, 6) is -0.524. The molecule has 3 rings (SSSR count). The van der Waals surface area contributed by atoms with E-state index in [1.807, 2.05) is 4.72 Å². The zero-order valence-electron chi connectivity index (χ0n) is 15.2. The number of hydrogen-bond donors (Lipinski definition) is 2. The predicted octanol–water partition coefficient (Wildman–Crippen LogP) is 5.20. The molecular weight excluding hydrogens is 498 g/mol. The van der Waals surface area contributed by atoms with Gasteiger partial charge in [0.1, 0.15) is 9.23 Å². The molecule has 0 saturated carbocycles. The van der Waals surface area contributed by atoms with Crippen molar-refractivity contribution in [2.45, 2.75) is 17.6 Å². The van der Waals surface area contributed by atoms with Gasteiger partial charge in [-0.1, -0.05) is 58.8 Å². The van der Waals surface area contributed by atoms with Crippen molar-refractivity contribution in [2.24, 2.45) is 0 Å². The predicted molar refractivity (Wildman–Crippen MR) is 112 cm³/mol. The van der Waals surface area contributed by atoms with E-state index in [1.54, 1.807) is 18.2 Å². The van der Waals surface area contributed by atoms with Gasteiger partial charge < -0.3 is 5.32 Å². The molecule has 0 saturated heterocycles. The van der Waals surface area contributed by atoms with E-state index in [9.17, 15) is 26.4 Å². The van der Waals surface area contributed by atoms with Crippen LogP contribution in [0.2, 0.25) is 9.36 Å². The second kappa shape index (κ2) is 9.03. The van der Waals surface area contributed by atoms with Gasteiger partial charge in [-0.2, -0.15) is 13.2 Å². The Morgan fingerprint density at radius 3 is 2.35 bits per heavy atom. The summed E-state index contributed by atoms with van der Waals surface area (Å²) in [6.07, 6.45) is -3.93. The fourth-order valence-corrected chi connectivity index (χ4v) is 5.25. The summed E-state index contributed by atoms with van der Waals surface area (Å²) in [6.45, 7) is -0.342. The van der Waals surface area contributed by atoms with E-state index in [4.69, 9.17) is 23.2 Å². The van der Waals surface area contributed by atoms with Crippen LogP contribution in [0, 0.1) is 0 Å². The number of amides is 1. The Kier molecular flexibility index (Phi) is 6.79. The molecule has 2 aromatic carbocycles. The molecule has 0 bridgehead atoms. The van der Waals surface area contributed by atoms with Crippen molar-refractivity contribution >= 4 is 55.6 Å². The average Bonchev–Trinajstić information content (AvgIpc) is 3.10. The lowest BCUT2D eigenvalue weighted by molar-refractivity contribution is -0.139. The summed E-state index contributed by atoms with van der Waals surface area (Å²) in [4.78, 5) is 14.7. The number of carbonyl (C=O) groups excluding carboxylic acids is 1. The van der Waals surface area contributed by atoms with Crippen molar-refractivity contribution in [1.29, 1.82) is 0 Å². The molecule has 0 unspecified atom stereocenters. The van der Waals surface area contributed by atoms with Crippen molar-refractivity contribution in [3.63, 3.8) is 0 Å². The molecule has 0 spiro atoms. The summed E-state index contributed by atoms with van der Waals surface area (Å²) in [6, 6.07) is 9.91. The second-order valence-corrected chi connectivity index (χ2v) is 9.72. The third kappa shape index (κ3) is 5.48. The van der Waals surface area contributed by atoms with Crippen LogP contribution in [0.5, 0.6) is 0 Å². The maximum Gasteiger partial charge on any atom is 0.419 e. The van der Waals surface area contributed by atoms with Gasteiger partial charge >= 0.3 is 6.18 Å². The van der Waals surface area contributed by atoms with Crippen molar-refractivity contribution < 1.29 is 26.4 Å². The topological polar surface area (TPSA) is 88.2 Å². The minimum absolute atomic E-state index is 0.102. The summed E-state index contributed by atoms with van der Waals surface area (Å²) in [5.41, 5.74) is -1.34. The zero-order valence-corrected chi connectivity index (χ0v) is 18.3. The maximum atomic E-state index is 13.7. The van der Waals surface area contributed by atoms with E-state index < -0.39 is 37.6 Å². The Bertz CT molecular complexity index is 1220. The lowest BCUT2D eigenvalue weighted by atomic mass is 10.1. The number of hydrogen-bond acceptors (Lipinski definition) is 5. The van der Waals surface area contributed by atoms with Crippen LogP contribution >= 0.6 is 34.5 Å². The first-order valence-electron chi connectivity index (χ1n) is 8.35. The molecule has 0 atom stereocenters. The SMILES string of the molecule is O=C(NCc1ccc(S(=O)(=O)Nc2ncc(Cl)s2)c(C(F)(F)F)c1Cl)c1ccccc1. The molecule has 1 aromatic heterocycles. The Balaban J connectivity index is 1.93. The third-order valence-electron chi connectivity index (χ3n) is 3.93. The van der Waals surface area contributed by atoms with Crippen molar-refractivity contribution in [3.8, 4) is 0 Å². The normalized spacial score (nSPS) is 11.9. The van der Waals surface area contributed by atoms with Crippen molar-refractivity contribution in [3.05, 3.63) is 74.7 Å². The fraction of sp³-hybridized carbons (Fsp3) is 0.111. The number of benzene rings is 2. The van der Waals surface area contributed by atoms with Gasteiger partial charge in [0, 0.05) is 12.1 Å². The fourth-order valence-electron chi connectivity index (χ4n) is 2.56. The third-order valence-corrected chi connectivity index (χ3v) is 6.90. The van der Waals surface area contributed by atoms with Crippen LogP contribution in [-0.2, 0) is 22.7 Å². The van der Waals surface area contributed by atoms with E-state index in [-0.39, 0.29) is 21.6 Å². The van der Waals surface area contributed by atoms with Crippen LogP contribution in [0.1, 0.15) is 21.5 Å². The molecule has 0 radical (unpaired) electrons. The summed E-state index contributed by atoms with van der Waals surface area (Å²) >= 11 is 12.4. The Morgan fingerprint density at radius 1 is 1.10 bits per heavy atom. The number of nitrogens with zero attached hydrogens (tertiary/aromatic N) is 1. The van der Waals surface area contributed by atoms with Gasteiger partial charge in [-0.25, -0.2) is 13.4 Å². The van der Waals surface area contributed by atoms with E-state index in [0.717, 1.165) is 29.7 Å². The first-order valence-corrected chi connectivity index (χ1v) is 11.4. The van der Waals surface area contributed by atoms with E-state index in [1.165, 1.54) is 12.1 Å². The number of sulfonamides is 1. The lowest BCUT2D eigenvalue weighted by Crippen LogP contribution is -2.24. The molecule has 1 heterocycles. The number of carbonyl (C=O) groups is 1. The molecule has 3 aromatic rings. The van der Waals surface area contributed by atoms with Crippen LogP contribution in [0.25, 0.3) is 0 Å². The van der Waals surface area contributed by atoms with E-state index >= 15 is 0 Å². The van der Waals surface area contributed by atoms with Crippen LogP contribution in [0.15, 0.2) is 53.6 Å². The Labute approximate surface area is 189 Å². The van der Waals surface area contributed by atoms with Gasteiger partial charge in [0.2, 0.25) is 0 Å². The number of halogens is 5. The molecule has 0 aliphatic heterocycles. The van der Waals surface area contributed by atoms with E-state index in [0.29, 0.717) is 5.56 Å². The van der Waals surface area contributed by atoms with Gasteiger partial charge in [-0.05, 0) is 23.8 Å². The number of alkyl halides is 3. The maximum absolute atomic E-state index is 13.7. The van der Waals surface area contributed by atoms with Gasteiger partial charge in [-0.15, -0.1) is 0 Å². The van der Waals surface area contributed by atoms with Gasteiger partial charge in [0.05, 0.1) is 16.8 Å². The molecule has 2 N–H and O–H groups in total. The lowest BCUT2D eigenvalue weighted by Gasteiger charge is -2.18. The number of thiazole rings is 1. The largest absolute Gasteiger partial charge is 0.419 e. The van der Waals surface area contributed by atoms with Crippen LogP contribution in [0.4, 0.5) is 18.3 Å². The van der Waals surface area contributed by atoms with Crippen molar-refractivity contribution in [1.82, 2.24) is 10.3 Å². The average molecular weight is 510 g/mol. The molecule has 0 aliphatic rings. The zero-order chi connectivity index (χ0) is 22.8. The molecule has 0 fully saturated rings. The second-order valence-electron chi connectivity index (χ2n) is 6.03. The summed E-state index contributed by atoms with van der Waals surface area (Å²) in [5, 5.41) is 1.42. The van der Waals surface area contributed by atoms with Crippen LogP contribution in [0.3, 0.4) is 0 Å². The Morgan fingerprint density at radius 2 is 1.77 bits per heavy atom. The first-order chi connectivity index (χ1) is 14.5. The highest BCUT2D eigenvalue weighted by Crippen LogP contribution is 2.41. The van der Waals surface area contributed by atoms with Crippen LogP contribution < -0.4 is 10.0 Å². The number of rotatable bonds is 6. The summed E-state index contributed by atoms with van der Waals surface area (Å²) < 4.78 is 68.4. The van der Waals surface area contributed by atoms with Crippen molar-refractivity contribution in [2.75, 3.05) is 4.72 Å². The van der Waals surface area contributed by atoms with Gasteiger partial charge in [0.25, 0.3) is 15.9 Å². The molecule has 6 nitrogen and oxygen atoms in total. The standard InChI is InChI=1S/C18H12Cl2F3N3O3S2/c19-13-9-25-17(30-13)26-31(28,29)12-7-6-11(15(20)14(12)18(21,22)23)8-24-16(27)10-4-2-1-3-5-10/h1-7,9H,8H2,(H,24,27)(H,25,26). The minimum Gasteiger partial charge on any atom is -0.348 e. The molecule has 31 heavy (non-hydrogen) atoms. The molecule has 1 amide bonds. The molecule has 13 heteroatoms. The number of nitrogens with one attached hydrogen (secondary N) is 2. The monoisotopic (exact) mass is 509 g/mol. The summed E-state index contributed by atoms with van der Waals surface area (Å²) in [7, 11) is -4.68. The van der Waals surface area contributed by atoms with Gasteiger partial charge in [-0.3, -0.25) is 9.52 Å².